The highest BCUT2D eigenvalue weighted by atomic mass is 35.5. The third-order valence-corrected chi connectivity index (χ3v) is 2.04. The fourth-order valence-electron chi connectivity index (χ4n) is 0.996. The van der Waals surface area contributed by atoms with Crippen LogP contribution >= 0.6 is 11.6 Å². The van der Waals surface area contributed by atoms with E-state index in [9.17, 15) is 9.90 Å². The lowest BCUT2D eigenvalue weighted by molar-refractivity contribution is -0.146. The van der Waals surface area contributed by atoms with Crippen LogP contribution in [0.1, 0.15) is 5.56 Å². The minimum atomic E-state index is -1.46. The van der Waals surface area contributed by atoms with Gasteiger partial charge in [-0.05, 0) is 17.7 Å². The van der Waals surface area contributed by atoms with E-state index in [0.717, 1.165) is 0 Å². The van der Waals surface area contributed by atoms with E-state index in [1.165, 1.54) is 12.1 Å². The molecule has 0 aromatic heterocycles. The average Bonchev–Trinajstić information content (AvgIpc) is 2.11. The summed E-state index contributed by atoms with van der Waals surface area (Å²) in [6.07, 6.45) is -1.52. The van der Waals surface area contributed by atoms with Gasteiger partial charge in [0.1, 0.15) is 5.75 Å². The van der Waals surface area contributed by atoms with Crippen LogP contribution in [0.25, 0.3) is 0 Å². The fraction of sp³-hybridized carbons (Fsp3) is 0.222. The van der Waals surface area contributed by atoms with Gasteiger partial charge in [0.2, 0.25) is 0 Å². The van der Waals surface area contributed by atoms with Gasteiger partial charge < -0.3 is 15.3 Å². The number of halogens is 1. The van der Waals surface area contributed by atoms with Crippen molar-refractivity contribution in [1.29, 1.82) is 0 Å². The third kappa shape index (κ3) is 2.61. The Hall–Kier alpha value is -1.26. The fourth-order valence-corrected chi connectivity index (χ4v) is 1.11. The SMILES string of the molecule is O=C(O)C(O)Cc1ccc(Cl)c(O)c1. The average molecular weight is 217 g/mol. The number of aliphatic carboxylic acids is 1. The molecule has 0 radical (unpaired) electrons. The lowest BCUT2D eigenvalue weighted by Gasteiger charge is -2.06. The quantitative estimate of drug-likeness (QED) is 0.705. The Bertz CT molecular complexity index is 351. The summed E-state index contributed by atoms with van der Waals surface area (Å²) in [5, 5.41) is 26.8. The Kier molecular flexibility index (Phi) is 3.33. The first-order chi connectivity index (χ1) is 6.50. The number of rotatable bonds is 3. The van der Waals surface area contributed by atoms with E-state index in [1.54, 1.807) is 6.07 Å². The van der Waals surface area contributed by atoms with Crippen molar-refractivity contribution in [3.63, 3.8) is 0 Å². The number of aliphatic hydroxyl groups excluding tert-OH is 1. The van der Waals surface area contributed by atoms with Crippen LogP contribution in [0.3, 0.4) is 0 Å². The van der Waals surface area contributed by atoms with E-state index in [4.69, 9.17) is 21.8 Å². The first-order valence-electron chi connectivity index (χ1n) is 3.89. The van der Waals surface area contributed by atoms with Gasteiger partial charge in [-0.1, -0.05) is 17.7 Å². The molecule has 0 aliphatic heterocycles. The highest BCUT2D eigenvalue weighted by molar-refractivity contribution is 6.32. The predicted molar refractivity (Wildman–Crippen MR) is 50.5 cm³/mol. The van der Waals surface area contributed by atoms with Crippen molar-refractivity contribution in [3.8, 4) is 5.75 Å². The summed E-state index contributed by atoms with van der Waals surface area (Å²) in [5.74, 6) is -1.42. The van der Waals surface area contributed by atoms with E-state index in [1.807, 2.05) is 0 Å². The van der Waals surface area contributed by atoms with Crippen molar-refractivity contribution in [3.05, 3.63) is 28.8 Å². The maximum absolute atomic E-state index is 10.3. The van der Waals surface area contributed by atoms with E-state index >= 15 is 0 Å². The number of carboxylic acid groups (broad SMARTS) is 1. The molecule has 0 aliphatic carbocycles. The Morgan fingerprint density at radius 3 is 2.64 bits per heavy atom. The summed E-state index contributed by atoms with van der Waals surface area (Å²) in [5.41, 5.74) is 0.516. The van der Waals surface area contributed by atoms with Crippen LogP contribution in [0, 0.1) is 0 Å². The molecule has 4 nitrogen and oxygen atoms in total. The molecule has 1 unspecified atom stereocenters. The zero-order valence-electron chi connectivity index (χ0n) is 7.14. The number of aliphatic hydroxyl groups is 1. The molecule has 0 spiro atoms. The lowest BCUT2D eigenvalue weighted by Crippen LogP contribution is -2.21. The van der Waals surface area contributed by atoms with Crippen molar-refractivity contribution in [2.45, 2.75) is 12.5 Å². The monoisotopic (exact) mass is 216 g/mol. The summed E-state index contributed by atoms with van der Waals surface area (Å²) in [6.45, 7) is 0. The van der Waals surface area contributed by atoms with E-state index in [0.29, 0.717) is 5.56 Å². The topological polar surface area (TPSA) is 77.8 Å². The first-order valence-corrected chi connectivity index (χ1v) is 4.26. The Balaban J connectivity index is 2.78. The second kappa shape index (κ2) is 4.30. The number of carbonyl (C=O) groups is 1. The Morgan fingerprint density at radius 2 is 2.14 bits per heavy atom. The van der Waals surface area contributed by atoms with Crippen LogP contribution < -0.4 is 0 Å². The van der Waals surface area contributed by atoms with Gasteiger partial charge in [-0.15, -0.1) is 0 Å². The predicted octanol–water partition coefficient (Wildman–Crippen LogP) is 1.03. The molecule has 0 fully saturated rings. The molecule has 0 saturated heterocycles. The molecule has 1 aromatic rings. The van der Waals surface area contributed by atoms with Gasteiger partial charge >= 0.3 is 5.97 Å². The van der Waals surface area contributed by atoms with Gasteiger partial charge in [-0.25, -0.2) is 4.79 Å². The maximum atomic E-state index is 10.3. The normalized spacial score (nSPS) is 12.4. The molecule has 0 amide bonds. The second-order valence-electron chi connectivity index (χ2n) is 2.84. The summed E-state index contributed by atoms with van der Waals surface area (Å²) >= 11 is 5.55. The van der Waals surface area contributed by atoms with Crippen LogP contribution in [0.5, 0.6) is 5.75 Å². The summed E-state index contributed by atoms with van der Waals surface area (Å²) < 4.78 is 0. The van der Waals surface area contributed by atoms with Crippen LogP contribution in [0.2, 0.25) is 5.02 Å². The molecule has 0 heterocycles. The van der Waals surface area contributed by atoms with Crippen LogP contribution in [-0.4, -0.2) is 27.4 Å². The van der Waals surface area contributed by atoms with Crippen LogP contribution in [0.15, 0.2) is 18.2 Å². The van der Waals surface area contributed by atoms with Gasteiger partial charge in [-0.3, -0.25) is 0 Å². The van der Waals surface area contributed by atoms with Gasteiger partial charge in [0.25, 0.3) is 0 Å². The van der Waals surface area contributed by atoms with Crippen molar-refractivity contribution in [1.82, 2.24) is 0 Å². The molecule has 14 heavy (non-hydrogen) atoms. The van der Waals surface area contributed by atoms with Crippen LogP contribution in [0.4, 0.5) is 0 Å². The Morgan fingerprint density at radius 1 is 1.50 bits per heavy atom. The summed E-state index contributed by atoms with van der Waals surface area (Å²) in [4.78, 5) is 10.3. The number of aromatic hydroxyl groups is 1. The number of carboxylic acids is 1. The van der Waals surface area contributed by atoms with Crippen molar-refractivity contribution >= 4 is 17.6 Å². The summed E-state index contributed by atoms with van der Waals surface area (Å²) in [7, 11) is 0. The minimum Gasteiger partial charge on any atom is -0.506 e. The molecule has 1 aromatic carbocycles. The highest BCUT2D eigenvalue weighted by Gasteiger charge is 2.14. The van der Waals surface area contributed by atoms with Gasteiger partial charge in [0.05, 0.1) is 5.02 Å². The van der Waals surface area contributed by atoms with Crippen molar-refractivity contribution < 1.29 is 20.1 Å². The molecule has 0 aliphatic rings. The standard InChI is InChI=1S/C9H9ClO4/c10-6-2-1-5(3-7(6)11)4-8(12)9(13)14/h1-3,8,11-12H,4H2,(H,13,14). The molecule has 5 heteroatoms. The minimum absolute atomic E-state index is 0.0555. The number of hydrogen-bond donors (Lipinski definition) is 3. The lowest BCUT2D eigenvalue weighted by atomic mass is 10.1. The smallest absolute Gasteiger partial charge is 0.332 e. The first kappa shape index (κ1) is 10.8. The zero-order chi connectivity index (χ0) is 10.7. The van der Waals surface area contributed by atoms with Crippen molar-refractivity contribution in [2.75, 3.05) is 0 Å². The third-order valence-electron chi connectivity index (χ3n) is 1.72. The molecular formula is C9H9ClO4. The number of hydrogen-bond acceptors (Lipinski definition) is 3. The van der Waals surface area contributed by atoms with E-state index in [-0.39, 0.29) is 17.2 Å². The van der Waals surface area contributed by atoms with Crippen molar-refractivity contribution in [2.24, 2.45) is 0 Å². The highest BCUT2D eigenvalue weighted by Crippen LogP contribution is 2.24. The molecule has 1 atom stereocenters. The molecule has 0 bridgehead atoms. The second-order valence-corrected chi connectivity index (χ2v) is 3.25. The van der Waals surface area contributed by atoms with E-state index < -0.39 is 12.1 Å². The largest absolute Gasteiger partial charge is 0.506 e. The van der Waals surface area contributed by atoms with Crippen LogP contribution in [-0.2, 0) is 11.2 Å². The number of benzene rings is 1. The molecule has 0 saturated carbocycles. The number of phenols is 1. The molecule has 76 valence electrons. The van der Waals surface area contributed by atoms with E-state index in [2.05, 4.69) is 0 Å². The Labute approximate surface area is 85.4 Å². The maximum Gasteiger partial charge on any atom is 0.332 e. The number of phenolic OH excluding ortho intramolecular Hbond substituents is 1. The van der Waals surface area contributed by atoms with Gasteiger partial charge in [0, 0.05) is 6.42 Å². The van der Waals surface area contributed by atoms with Gasteiger partial charge in [0.15, 0.2) is 6.10 Å². The zero-order valence-corrected chi connectivity index (χ0v) is 7.90. The molecular weight excluding hydrogens is 208 g/mol. The van der Waals surface area contributed by atoms with Gasteiger partial charge in [-0.2, -0.15) is 0 Å². The molecule has 1 rings (SSSR count). The molecule has 3 N–H and O–H groups in total. The summed E-state index contributed by atoms with van der Waals surface area (Å²) in [6, 6.07) is 4.32.